The van der Waals surface area contributed by atoms with Gasteiger partial charge in [-0.15, -0.1) is 0 Å². The monoisotopic (exact) mass is 383 g/mol. The Morgan fingerprint density at radius 2 is 1.64 bits per heavy atom. The van der Waals surface area contributed by atoms with Crippen LogP contribution in [0.25, 0.3) is 0 Å². The lowest BCUT2D eigenvalue weighted by Gasteiger charge is -2.23. The summed E-state index contributed by atoms with van der Waals surface area (Å²) in [6.45, 7) is 7.16. The molecular formula is C24H33NO3. The van der Waals surface area contributed by atoms with Gasteiger partial charge in [0.25, 0.3) is 0 Å². The van der Waals surface area contributed by atoms with Crippen molar-refractivity contribution in [3.63, 3.8) is 0 Å². The largest absolute Gasteiger partial charge is 0.489 e. The van der Waals surface area contributed by atoms with E-state index in [4.69, 9.17) is 9.84 Å². The highest BCUT2D eigenvalue weighted by Gasteiger charge is 2.19. The molecule has 1 aromatic heterocycles. The molecule has 0 saturated heterocycles. The Labute approximate surface area is 169 Å². The summed E-state index contributed by atoms with van der Waals surface area (Å²) in [5.74, 6) is 0.265. The maximum atomic E-state index is 10.5. The van der Waals surface area contributed by atoms with Gasteiger partial charge in [0.1, 0.15) is 12.4 Å². The van der Waals surface area contributed by atoms with Crippen LogP contribution >= 0.6 is 0 Å². The van der Waals surface area contributed by atoms with E-state index in [9.17, 15) is 4.79 Å². The van der Waals surface area contributed by atoms with Crippen LogP contribution in [0.5, 0.6) is 5.75 Å². The van der Waals surface area contributed by atoms with Crippen molar-refractivity contribution < 1.29 is 14.6 Å². The Morgan fingerprint density at radius 3 is 2.32 bits per heavy atom. The topological polar surface area (TPSA) is 59.4 Å². The molecule has 0 radical (unpaired) electrons. The Morgan fingerprint density at radius 1 is 0.964 bits per heavy atom. The van der Waals surface area contributed by atoms with Gasteiger partial charge in [-0.25, -0.2) is 0 Å². The molecule has 0 spiro atoms. The van der Waals surface area contributed by atoms with E-state index < -0.39 is 5.97 Å². The SMILES string of the molecule is CC(C)(C)c1ccc(CCCCCCCC(=O)O)cc1OCc1ccncc1. The van der Waals surface area contributed by atoms with E-state index in [1.54, 1.807) is 12.4 Å². The molecule has 2 aromatic rings. The number of carboxylic acid groups (broad SMARTS) is 1. The normalized spacial score (nSPS) is 11.4. The number of pyridine rings is 1. The molecule has 4 nitrogen and oxygen atoms in total. The number of aryl methyl sites for hydroxylation is 1. The van der Waals surface area contributed by atoms with Gasteiger partial charge in [0.15, 0.2) is 0 Å². The van der Waals surface area contributed by atoms with Gasteiger partial charge < -0.3 is 9.84 Å². The highest BCUT2D eigenvalue weighted by molar-refractivity contribution is 5.66. The summed E-state index contributed by atoms with van der Waals surface area (Å²) in [4.78, 5) is 14.6. The van der Waals surface area contributed by atoms with E-state index in [1.165, 1.54) is 11.1 Å². The number of hydrogen-bond acceptors (Lipinski definition) is 3. The lowest BCUT2D eigenvalue weighted by molar-refractivity contribution is -0.137. The second-order valence-electron chi connectivity index (χ2n) is 8.39. The fourth-order valence-electron chi connectivity index (χ4n) is 3.24. The minimum absolute atomic E-state index is 0.0241. The third-order valence-corrected chi connectivity index (χ3v) is 4.85. The van der Waals surface area contributed by atoms with Crippen molar-refractivity contribution in [2.75, 3.05) is 0 Å². The van der Waals surface area contributed by atoms with Gasteiger partial charge in [-0.05, 0) is 59.6 Å². The first-order valence-electron chi connectivity index (χ1n) is 10.2. The van der Waals surface area contributed by atoms with Crippen molar-refractivity contribution in [3.8, 4) is 5.75 Å². The second-order valence-corrected chi connectivity index (χ2v) is 8.39. The average molecular weight is 384 g/mol. The van der Waals surface area contributed by atoms with Crippen LogP contribution in [0.4, 0.5) is 0 Å². The van der Waals surface area contributed by atoms with Gasteiger partial charge in [-0.1, -0.05) is 52.2 Å². The van der Waals surface area contributed by atoms with E-state index >= 15 is 0 Å². The number of benzene rings is 1. The van der Waals surface area contributed by atoms with Gasteiger partial charge in [0.05, 0.1) is 0 Å². The van der Waals surface area contributed by atoms with Crippen molar-refractivity contribution >= 4 is 5.97 Å². The molecule has 2 rings (SSSR count). The van der Waals surface area contributed by atoms with Crippen LogP contribution in [0.2, 0.25) is 0 Å². The molecule has 0 atom stereocenters. The van der Waals surface area contributed by atoms with Gasteiger partial charge in [0, 0.05) is 18.8 Å². The smallest absolute Gasteiger partial charge is 0.303 e. The van der Waals surface area contributed by atoms with Crippen molar-refractivity contribution in [2.24, 2.45) is 0 Å². The highest BCUT2D eigenvalue weighted by Crippen LogP contribution is 2.33. The standard InChI is InChI=1S/C24H33NO3/c1-24(2,3)21-12-11-19(9-7-5-4-6-8-10-23(26)27)17-22(21)28-18-20-13-15-25-16-14-20/h11-17H,4-10,18H2,1-3H3,(H,26,27). The van der Waals surface area contributed by atoms with Crippen molar-refractivity contribution in [1.29, 1.82) is 0 Å². The molecule has 1 N–H and O–H groups in total. The number of aliphatic carboxylic acids is 1. The van der Waals surface area contributed by atoms with E-state index in [2.05, 4.69) is 44.0 Å². The van der Waals surface area contributed by atoms with E-state index in [0.717, 1.165) is 49.8 Å². The van der Waals surface area contributed by atoms with E-state index in [1.807, 2.05) is 12.1 Å². The van der Waals surface area contributed by atoms with Gasteiger partial charge in [-0.3, -0.25) is 9.78 Å². The van der Waals surface area contributed by atoms with Crippen LogP contribution in [0.3, 0.4) is 0 Å². The number of aromatic nitrogens is 1. The molecular weight excluding hydrogens is 350 g/mol. The maximum Gasteiger partial charge on any atom is 0.303 e. The molecule has 0 aliphatic rings. The van der Waals surface area contributed by atoms with Crippen LogP contribution in [0, 0.1) is 0 Å². The molecule has 28 heavy (non-hydrogen) atoms. The third-order valence-electron chi connectivity index (χ3n) is 4.85. The lowest BCUT2D eigenvalue weighted by Crippen LogP contribution is -2.14. The van der Waals surface area contributed by atoms with Crippen LogP contribution in [-0.4, -0.2) is 16.1 Å². The Balaban J connectivity index is 1.91. The van der Waals surface area contributed by atoms with Gasteiger partial charge in [-0.2, -0.15) is 0 Å². The number of carbonyl (C=O) groups is 1. The minimum atomic E-state index is -0.696. The molecule has 0 unspecified atom stereocenters. The number of unbranched alkanes of at least 4 members (excludes halogenated alkanes) is 4. The summed E-state index contributed by atoms with van der Waals surface area (Å²) in [5, 5.41) is 8.67. The zero-order chi connectivity index (χ0) is 20.4. The fraction of sp³-hybridized carbons (Fsp3) is 0.500. The molecule has 0 aliphatic carbocycles. The molecule has 0 aliphatic heterocycles. The first-order valence-corrected chi connectivity index (χ1v) is 10.2. The van der Waals surface area contributed by atoms with Crippen LogP contribution in [0.1, 0.15) is 76.0 Å². The first-order chi connectivity index (χ1) is 13.4. The fourth-order valence-corrected chi connectivity index (χ4v) is 3.24. The number of ether oxygens (including phenoxy) is 1. The first kappa shape index (κ1) is 21.9. The maximum absolute atomic E-state index is 10.5. The number of rotatable bonds is 11. The summed E-state index contributed by atoms with van der Waals surface area (Å²) in [6.07, 6.45) is 10.0. The predicted octanol–water partition coefficient (Wildman–Crippen LogP) is 5.93. The molecule has 1 heterocycles. The summed E-state index contributed by atoms with van der Waals surface area (Å²) in [5.41, 5.74) is 3.65. The average Bonchev–Trinajstić information content (AvgIpc) is 2.65. The second kappa shape index (κ2) is 10.8. The molecule has 152 valence electrons. The molecule has 4 heteroatoms. The summed E-state index contributed by atoms with van der Waals surface area (Å²) in [7, 11) is 0. The number of nitrogens with zero attached hydrogens (tertiary/aromatic N) is 1. The van der Waals surface area contributed by atoms with Gasteiger partial charge >= 0.3 is 5.97 Å². The predicted molar refractivity (Wildman–Crippen MR) is 113 cm³/mol. The van der Waals surface area contributed by atoms with Crippen LogP contribution < -0.4 is 4.74 Å². The van der Waals surface area contributed by atoms with E-state index in [-0.39, 0.29) is 11.8 Å². The minimum Gasteiger partial charge on any atom is -0.489 e. The number of carboxylic acids is 1. The Hall–Kier alpha value is -2.36. The number of hydrogen-bond donors (Lipinski definition) is 1. The molecule has 0 amide bonds. The van der Waals surface area contributed by atoms with Crippen molar-refractivity contribution in [1.82, 2.24) is 4.98 Å². The Bertz CT molecular complexity index is 735. The summed E-state index contributed by atoms with van der Waals surface area (Å²) in [6, 6.07) is 10.6. The molecule has 0 fully saturated rings. The summed E-state index contributed by atoms with van der Waals surface area (Å²) >= 11 is 0. The summed E-state index contributed by atoms with van der Waals surface area (Å²) < 4.78 is 6.19. The zero-order valence-electron chi connectivity index (χ0n) is 17.4. The third kappa shape index (κ3) is 7.71. The van der Waals surface area contributed by atoms with Crippen molar-refractivity contribution in [2.45, 2.75) is 77.7 Å². The Kier molecular flexibility index (Phi) is 8.49. The van der Waals surface area contributed by atoms with E-state index in [0.29, 0.717) is 6.61 Å². The van der Waals surface area contributed by atoms with Crippen LogP contribution in [-0.2, 0) is 23.2 Å². The van der Waals surface area contributed by atoms with Crippen LogP contribution in [0.15, 0.2) is 42.7 Å². The molecule has 0 saturated carbocycles. The highest BCUT2D eigenvalue weighted by atomic mass is 16.5. The van der Waals surface area contributed by atoms with Gasteiger partial charge in [0.2, 0.25) is 0 Å². The van der Waals surface area contributed by atoms with Crippen molar-refractivity contribution in [3.05, 3.63) is 59.4 Å². The lowest BCUT2D eigenvalue weighted by atomic mass is 9.85. The molecule has 1 aromatic carbocycles. The zero-order valence-corrected chi connectivity index (χ0v) is 17.4. The molecule has 0 bridgehead atoms. The quantitative estimate of drug-likeness (QED) is 0.489.